The number of hydrogen-bond acceptors (Lipinski definition) is 4. The molecule has 3 heterocycles. The third kappa shape index (κ3) is 1.99. The fraction of sp³-hybridized carbons (Fsp3) is 0.235. The first-order valence-electron chi connectivity index (χ1n) is 7.30. The van der Waals surface area contributed by atoms with Crippen LogP contribution in [-0.2, 0) is 19.5 Å². The molecule has 0 unspecified atom stereocenters. The zero-order valence-corrected chi connectivity index (χ0v) is 11.9. The number of nitrogens with zero attached hydrogens (tertiary/aromatic N) is 3. The van der Waals surface area contributed by atoms with E-state index in [4.69, 9.17) is 9.97 Å². The molecule has 0 saturated heterocycles. The SMILES string of the molecule is CCc1nc(-c2nccc3ccccc23)nc2c1CNC2. The van der Waals surface area contributed by atoms with Crippen molar-refractivity contribution in [3.63, 3.8) is 0 Å². The maximum absolute atomic E-state index is 4.77. The van der Waals surface area contributed by atoms with Crippen molar-refractivity contribution in [1.29, 1.82) is 0 Å². The van der Waals surface area contributed by atoms with Gasteiger partial charge in [-0.2, -0.15) is 0 Å². The lowest BCUT2D eigenvalue weighted by Crippen LogP contribution is -2.03. The van der Waals surface area contributed by atoms with E-state index >= 15 is 0 Å². The number of hydrogen-bond donors (Lipinski definition) is 1. The second-order valence-corrected chi connectivity index (χ2v) is 5.26. The van der Waals surface area contributed by atoms with Crippen LogP contribution in [0.15, 0.2) is 36.5 Å². The maximum atomic E-state index is 4.77. The second kappa shape index (κ2) is 4.90. The van der Waals surface area contributed by atoms with Crippen molar-refractivity contribution >= 4 is 10.8 Å². The summed E-state index contributed by atoms with van der Waals surface area (Å²) < 4.78 is 0. The van der Waals surface area contributed by atoms with Gasteiger partial charge in [0.15, 0.2) is 5.82 Å². The largest absolute Gasteiger partial charge is 0.307 e. The molecule has 4 heteroatoms. The van der Waals surface area contributed by atoms with E-state index in [-0.39, 0.29) is 0 Å². The van der Waals surface area contributed by atoms with Gasteiger partial charge in [-0.15, -0.1) is 0 Å². The van der Waals surface area contributed by atoms with Crippen LogP contribution >= 0.6 is 0 Å². The number of aryl methyl sites for hydroxylation is 1. The zero-order chi connectivity index (χ0) is 14.2. The second-order valence-electron chi connectivity index (χ2n) is 5.26. The quantitative estimate of drug-likeness (QED) is 0.782. The topological polar surface area (TPSA) is 50.7 Å². The minimum Gasteiger partial charge on any atom is -0.307 e. The van der Waals surface area contributed by atoms with Crippen LogP contribution in [0.2, 0.25) is 0 Å². The molecule has 4 rings (SSSR count). The molecule has 104 valence electrons. The zero-order valence-electron chi connectivity index (χ0n) is 11.9. The molecule has 4 nitrogen and oxygen atoms in total. The average Bonchev–Trinajstić information content (AvgIpc) is 3.02. The highest BCUT2D eigenvalue weighted by atomic mass is 15.0. The number of rotatable bonds is 2. The summed E-state index contributed by atoms with van der Waals surface area (Å²) in [6, 6.07) is 10.3. The molecule has 0 atom stereocenters. The highest BCUT2D eigenvalue weighted by Gasteiger charge is 2.19. The van der Waals surface area contributed by atoms with E-state index in [2.05, 4.69) is 29.4 Å². The van der Waals surface area contributed by atoms with Crippen LogP contribution in [0.4, 0.5) is 0 Å². The standard InChI is InChI=1S/C17H16N4/c1-2-14-13-9-18-10-15(13)21-17(20-14)16-12-6-4-3-5-11(12)7-8-19-16/h3-8,18H,2,9-10H2,1H3. The lowest BCUT2D eigenvalue weighted by atomic mass is 10.1. The van der Waals surface area contributed by atoms with Gasteiger partial charge >= 0.3 is 0 Å². The minimum absolute atomic E-state index is 0.742. The molecule has 0 radical (unpaired) electrons. The van der Waals surface area contributed by atoms with Gasteiger partial charge in [0.2, 0.25) is 0 Å². The third-order valence-electron chi connectivity index (χ3n) is 3.99. The third-order valence-corrected chi connectivity index (χ3v) is 3.99. The molecule has 3 aromatic rings. The summed E-state index contributed by atoms with van der Waals surface area (Å²) in [7, 11) is 0. The van der Waals surface area contributed by atoms with Crippen molar-refractivity contribution in [3.8, 4) is 11.5 Å². The Labute approximate surface area is 123 Å². The van der Waals surface area contributed by atoms with Gasteiger partial charge in [0.25, 0.3) is 0 Å². The van der Waals surface area contributed by atoms with Crippen molar-refractivity contribution in [2.75, 3.05) is 0 Å². The van der Waals surface area contributed by atoms with E-state index < -0.39 is 0 Å². The van der Waals surface area contributed by atoms with Crippen molar-refractivity contribution in [3.05, 3.63) is 53.5 Å². The van der Waals surface area contributed by atoms with Crippen molar-refractivity contribution in [2.24, 2.45) is 0 Å². The lowest BCUT2D eigenvalue weighted by Gasteiger charge is -2.09. The molecule has 0 aliphatic carbocycles. The lowest BCUT2D eigenvalue weighted by molar-refractivity contribution is 0.755. The number of aromatic nitrogens is 3. The molecule has 21 heavy (non-hydrogen) atoms. The Morgan fingerprint density at radius 1 is 1.10 bits per heavy atom. The number of nitrogens with one attached hydrogen (secondary N) is 1. The van der Waals surface area contributed by atoms with E-state index in [9.17, 15) is 0 Å². The van der Waals surface area contributed by atoms with Crippen LogP contribution in [0, 0.1) is 0 Å². The molecule has 0 amide bonds. The molecule has 0 saturated carbocycles. The van der Waals surface area contributed by atoms with Gasteiger partial charge in [0.1, 0.15) is 5.69 Å². The van der Waals surface area contributed by atoms with Gasteiger partial charge in [0, 0.05) is 35.9 Å². The first-order chi connectivity index (χ1) is 10.4. The highest BCUT2D eigenvalue weighted by molar-refractivity contribution is 5.92. The predicted molar refractivity (Wildman–Crippen MR) is 82.7 cm³/mol. The average molecular weight is 276 g/mol. The van der Waals surface area contributed by atoms with E-state index in [0.29, 0.717) is 0 Å². The number of fused-ring (bicyclic) bond motifs is 2. The molecule has 1 N–H and O–H groups in total. The summed E-state index contributed by atoms with van der Waals surface area (Å²) in [4.78, 5) is 14.0. The van der Waals surface area contributed by atoms with Gasteiger partial charge in [-0.25, -0.2) is 9.97 Å². The van der Waals surface area contributed by atoms with Gasteiger partial charge in [-0.3, -0.25) is 4.98 Å². The Hall–Kier alpha value is -2.33. The van der Waals surface area contributed by atoms with Gasteiger partial charge in [0.05, 0.1) is 5.69 Å². The Kier molecular flexibility index (Phi) is 2.89. The molecule has 1 aromatic carbocycles. The van der Waals surface area contributed by atoms with Gasteiger partial charge < -0.3 is 5.32 Å². The predicted octanol–water partition coefficient (Wildman–Crippen LogP) is 2.86. The summed E-state index contributed by atoms with van der Waals surface area (Å²) in [5.74, 6) is 0.742. The summed E-state index contributed by atoms with van der Waals surface area (Å²) in [5.41, 5.74) is 4.39. The minimum atomic E-state index is 0.742. The Balaban J connectivity index is 1.97. The molecular weight excluding hydrogens is 260 g/mol. The monoisotopic (exact) mass is 276 g/mol. The Morgan fingerprint density at radius 3 is 2.90 bits per heavy atom. The van der Waals surface area contributed by atoms with Crippen LogP contribution in [0.25, 0.3) is 22.3 Å². The van der Waals surface area contributed by atoms with Crippen LogP contribution in [0.5, 0.6) is 0 Å². The van der Waals surface area contributed by atoms with E-state index in [1.54, 1.807) is 0 Å². The summed E-state index contributed by atoms with van der Waals surface area (Å²) >= 11 is 0. The summed E-state index contributed by atoms with van der Waals surface area (Å²) in [6.45, 7) is 3.84. The molecule has 0 fully saturated rings. The Morgan fingerprint density at radius 2 is 2.00 bits per heavy atom. The molecular formula is C17H16N4. The van der Waals surface area contributed by atoms with Gasteiger partial charge in [-0.1, -0.05) is 31.2 Å². The van der Waals surface area contributed by atoms with E-state index in [1.165, 1.54) is 10.9 Å². The molecule has 1 aliphatic heterocycles. The van der Waals surface area contributed by atoms with E-state index in [1.807, 2.05) is 24.4 Å². The number of benzene rings is 1. The van der Waals surface area contributed by atoms with Crippen LogP contribution < -0.4 is 5.32 Å². The maximum Gasteiger partial charge on any atom is 0.179 e. The van der Waals surface area contributed by atoms with Crippen LogP contribution in [-0.4, -0.2) is 15.0 Å². The van der Waals surface area contributed by atoms with Gasteiger partial charge in [-0.05, 0) is 17.9 Å². The van der Waals surface area contributed by atoms with Crippen molar-refractivity contribution in [2.45, 2.75) is 26.4 Å². The molecule has 2 aromatic heterocycles. The summed E-state index contributed by atoms with van der Waals surface area (Å²) in [6.07, 6.45) is 2.75. The smallest absolute Gasteiger partial charge is 0.179 e. The van der Waals surface area contributed by atoms with Crippen molar-refractivity contribution < 1.29 is 0 Å². The summed E-state index contributed by atoms with van der Waals surface area (Å²) in [5, 5.41) is 5.63. The normalized spacial score (nSPS) is 13.6. The first-order valence-corrected chi connectivity index (χ1v) is 7.30. The molecule has 0 bridgehead atoms. The fourth-order valence-corrected chi connectivity index (χ4v) is 2.93. The Bertz CT molecular complexity index is 821. The molecule has 0 spiro atoms. The molecule has 1 aliphatic rings. The first kappa shape index (κ1) is 12.4. The van der Waals surface area contributed by atoms with Crippen molar-refractivity contribution in [1.82, 2.24) is 20.3 Å². The van der Waals surface area contributed by atoms with Crippen LogP contribution in [0.1, 0.15) is 23.9 Å². The van der Waals surface area contributed by atoms with Crippen LogP contribution in [0.3, 0.4) is 0 Å². The number of pyridine rings is 1. The fourth-order valence-electron chi connectivity index (χ4n) is 2.93. The highest BCUT2D eigenvalue weighted by Crippen LogP contribution is 2.26. The van der Waals surface area contributed by atoms with E-state index in [0.717, 1.165) is 47.8 Å².